The predicted octanol–water partition coefficient (Wildman–Crippen LogP) is 1.26. The number of hydrogen-bond acceptors (Lipinski definition) is 2. The van der Waals surface area contributed by atoms with Crippen LogP contribution in [-0.2, 0) is 13.5 Å². The molecule has 1 rings (SSSR count). The highest BCUT2D eigenvalue weighted by molar-refractivity contribution is 5.33. The molecule has 0 aliphatic heterocycles. The van der Waals surface area contributed by atoms with E-state index in [1.165, 1.54) is 0 Å². The van der Waals surface area contributed by atoms with Crippen LogP contribution in [-0.4, -0.2) is 11.7 Å². The zero-order chi connectivity index (χ0) is 10.0. The maximum atomic E-state index is 11.7. The SMILES string of the molecule is CCc1c(OC)cc(C)n(C)c1=O. The number of nitrogens with zero attached hydrogens (tertiary/aromatic N) is 1. The van der Waals surface area contributed by atoms with E-state index in [0.29, 0.717) is 12.2 Å². The molecule has 0 fully saturated rings. The molecule has 0 radical (unpaired) electrons. The molecule has 1 aromatic rings. The molecule has 0 atom stereocenters. The van der Waals surface area contributed by atoms with E-state index in [1.807, 2.05) is 19.9 Å². The standard InChI is InChI=1S/C10H15NO2/c1-5-8-9(13-4)6-7(2)11(3)10(8)12/h6H,5H2,1-4H3. The third-order valence-electron chi connectivity index (χ3n) is 2.30. The van der Waals surface area contributed by atoms with Gasteiger partial charge in [-0.1, -0.05) is 6.92 Å². The number of rotatable bonds is 2. The molecule has 1 heterocycles. The maximum absolute atomic E-state index is 11.7. The fourth-order valence-electron chi connectivity index (χ4n) is 1.35. The van der Waals surface area contributed by atoms with Crippen molar-refractivity contribution in [2.45, 2.75) is 20.3 Å². The molecular formula is C10H15NO2. The maximum Gasteiger partial charge on any atom is 0.257 e. The van der Waals surface area contributed by atoms with Crippen LogP contribution in [0.3, 0.4) is 0 Å². The Morgan fingerprint density at radius 3 is 2.62 bits per heavy atom. The first-order valence-corrected chi connectivity index (χ1v) is 4.35. The van der Waals surface area contributed by atoms with E-state index in [9.17, 15) is 4.79 Å². The average Bonchev–Trinajstić information content (AvgIpc) is 2.13. The largest absolute Gasteiger partial charge is 0.496 e. The molecule has 1 aromatic heterocycles. The number of aromatic nitrogens is 1. The second-order valence-corrected chi connectivity index (χ2v) is 3.05. The summed E-state index contributed by atoms with van der Waals surface area (Å²) in [6.45, 7) is 3.85. The third kappa shape index (κ3) is 1.59. The highest BCUT2D eigenvalue weighted by Crippen LogP contribution is 2.15. The van der Waals surface area contributed by atoms with Gasteiger partial charge in [0.05, 0.1) is 12.7 Å². The smallest absolute Gasteiger partial charge is 0.257 e. The van der Waals surface area contributed by atoms with Gasteiger partial charge in [0.1, 0.15) is 5.75 Å². The van der Waals surface area contributed by atoms with Gasteiger partial charge in [-0.25, -0.2) is 0 Å². The zero-order valence-corrected chi connectivity index (χ0v) is 8.55. The molecule has 3 heteroatoms. The lowest BCUT2D eigenvalue weighted by Gasteiger charge is -2.10. The van der Waals surface area contributed by atoms with Crippen LogP contribution in [0, 0.1) is 6.92 Å². The molecule has 72 valence electrons. The normalized spacial score (nSPS) is 10.2. The second kappa shape index (κ2) is 3.64. The van der Waals surface area contributed by atoms with Gasteiger partial charge in [0.2, 0.25) is 0 Å². The van der Waals surface area contributed by atoms with Crippen molar-refractivity contribution in [3.63, 3.8) is 0 Å². The van der Waals surface area contributed by atoms with Gasteiger partial charge in [0.25, 0.3) is 5.56 Å². The molecule has 0 saturated carbocycles. The fourth-order valence-corrected chi connectivity index (χ4v) is 1.35. The van der Waals surface area contributed by atoms with Crippen LogP contribution in [0.2, 0.25) is 0 Å². The van der Waals surface area contributed by atoms with Crippen molar-refractivity contribution in [2.75, 3.05) is 7.11 Å². The molecule has 0 spiro atoms. The van der Waals surface area contributed by atoms with E-state index >= 15 is 0 Å². The minimum absolute atomic E-state index is 0.0411. The van der Waals surface area contributed by atoms with Crippen LogP contribution in [0.25, 0.3) is 0 Å². The number of ether oxygens (including phenoxy) is 1. The number of methoxy groups -OCH3 is 1. The summed E-state index contributed by atoms with van der Waals surface area (Å²) >= 11 is 0. The minimum atomic E-state index is 0.0411. The Morgan fingerprint density at radius 1 is 1.54 bits per heavy atom. The molecule has 3 nitrogen and oxygen atoms in total. The van der Waals surface area contributed by atoms with Crippen LogP contribution in [0.1, 0.15) is 18.2 Å². The van der Waals surface area contributed by atoms with E-state index in [0.717, 1.165) is 11.3 Å². The second-order valence-electron chi connectivity index (χ2n) is 3.05. The van der Waals surface area contributed by atoms with Crippen molar-refractivity contribution in [2.24, 2.45) is 7.05 Å². The van der Waals surface area contributed by atoms with Crippen molar-refractivity contribution in [1.29, 1.82) is 0 Å². The topological polar surface area (TPSA) is 31.2 Å². The van der Waals surface area contributed by atoms with E-state index in [-0.39, 0.29) is 5.56 Å². The summed E-state index contributed by atoms with van der Waals surface area (Å²) in [5.41, 5.74) is 1.70. The molecule has 0 aliphatic carbocycles. The zero-order valence-electron chi connectivity index (χ0n) is 8.55. The molecular weight excluding hydrogens is 166 g/mol. The Labute approximate surface area is 78.0 Å². The minimum Gasteiger partial charge on any atom is -0.496 e. The van der Waals surface area contributed by atoms with Gasteiger partial charge >= 0.3 is 0 Å². The first-order valence-electron chi connectivity index (χ1n) is 4.35. The number of pyridine rings is 1. The Bertz CT molecular complexity index is 366. The highest BCUT2D eigenvalue weighted by Gasteiger charge is 2.08. The average molecular weight is 181 g/mol. The molecule has 0 saturated heterocycles. The van der Waals surface area contributed by atoms with Gasteiger partial charge in [0, 0.05) is 12.7 Å². The summed E-state index contributed by atoms with van der Waals surface area (Å²) in [6, 6.07) is 1.89. The first kappa shape index (κ1) is 9.84. The molecule has 0 aliphatic rings. The number of aryl methyl sites for hydroxylation is 1. The van der Waals surface area contributed by atoms with E-state index in [2.05, 4.69) is 0 Å². The van der Waals surface area contributed by atoms with Gasteiger partial charge in [-0.15, -0.1) is 0 Å². The first-order chi connectivity index (χ1) is 6.11. The lowest BCUT2D eigenvalue weighted by Crippen LogP contribution is -2.23. The third-order valence-corrected chi connectivity index (χ3v) is 2.30. The van der Waals surface area contributed by atoms with Gasteiger partial charge in [-0.3, -0.25) is 4.79 Å². The summed E-state index contributed by atoms with van der Waals surface area (Å²) in [5.74, 6) is 0.697. The highest BCUT2D eigenvalue weighted by atomic mass is 16.5. The van der Waals surface area contributed by atoms with E-state index in [1.54, 1.807) is 18.7 Å². The van der Waals surface area contributed by atoms with Crippen LogP contribution >= 0.6 is 0 Å². The van der Waals surface area contributed by atoms with Gasteiger partial charge in [-0.05, 0) is 19.4 Å². The van der Waals surface area contributed by atoms with Crippen molar-refractivity contribution in [3.8, 4) is 5.75 Å². The lowest BCUT2D eigenvalue weighted by atomic mass is 10.2. The monoisotopic (exact) mass is 181 g/mol. The lowest BCUT2D eigenvalue weighted by molar-refractivity contribution is 0.406. The molecule has 0 unspecified atom stereocenters. The summed E-state index contributed by atoms with van der Waals surface area (Å²) in [7, 11) is 3.36. The summed E-state index contributed by atoms with van der Waals surface area (Å²) in [5, 5.41) is 0. The summed E-state index contributed by atoms with van der Waals surface area (Å²) in [4.78, 5) is 11.7. The Kier molecular flexibility index (Phi) is 2.76. The van der Waals surface area contributed by atoms with Crippen LogP contribution < -0.4 is 10.3 Å². The molecule has 13 heavy (non-hydrogen) atoms. The fraction of sp³-hybridized carbons (Fsp3) is 0.500. The predicted molar refractivity (Wildman–Crippen MR) is 52.4 cm³/mol. The van der Waals surface area contributed by atoms with Gasteiger partial charge < -0.3 is 9.30 Å². The molecule has 0 amide bonds. The molecule has 0 N–H and O–H groups in total. The summed E-state index contributed by atoms with van der Waals surface area (Å²) in [6.07, 6.45) is 0.704. The molecule has 0 aromatic carbocycles. The van der Waals surface area contributed by atoms with Gasteiger partial charge in [0.15, 0.2) is 0 Å². The van der Waals surface area contributed by atoms with Crippen molar-refractivity contribution in [3.05, 3.63) is 27.7 Å². The van der Waals surface area contributed by atoms with Crippen LogP contribution in [0.4, 0.5) is 0 Å². The van der Waals surface area contributed by atoms with Crippen molar-refractivity contribution >= 4 is 0 Å². The Morgan fingerprint density at radius 2 is 2.15 bits per heavy atom. The molecule has 0 bridgehead atoms. The van der Waals surface area contributed by atoms with Gasteiger partial charge in [-0.2, -0.15) is 0 Å². The van der Waals surface area contributed by atoms with Crippen LogP contribution in [0.5, 0.6) is 5.75 Å². The van der Waals surface area contributed by atoms with E-state index in [4.69, 9.17) is 4.74 Å². The quantitative estimate of drug-likeness (QED) is 0.688. The summed E-state index contributed by atoms with van der Waals surface area (Å²) < 4.78 is 6.78. The Hall–Kier alpha value is -1.25. The van der Waals surface area contributed by atoms with Crippen molar-refractivity contribution < 1.29 is 4.74 Å². The van der Waals surface area contributed by atoms with E-state index < -0.39 is 0 Å². The van der Waals surface area contributed by atoms with Crippen LogP contribution in [0.15, 0.2) is 10.9 Å². The Balaban J connectivity index is 3.48. The number of hydrogen-bond donors (Lipinski definition) is 0. The van der Waals surface area contributed by atoms with Crippen molar-refractivity contribution in [1.82, 2.24) is 4.57 Å².